The Kier molecular flexibility index (Phi) is 5.04. The van der Waals surface area contributed by atoms with E-state index in [4.69, 9.17) is 0 Å². The van der Waals surface area contributed by atoms with Crippen LogP contribution in [0.15, 0.2) is 140 Å². The molecule has 0 fully saturated rings. The molecule has 0 bridgehead atoms. The average molecular weight is 475 g/mol. The summed E-state index contributed by atoms with van der Waals surface area (Å²) in [4.78, 5) is 2.34. The molecule has 0 aliphatic carbocycles. The highest BCUT2D eigenvalue weighted by Gasteiger charge is 2.16. The number of aryl methyl sites for hydroxylation is 1. The van der Waals surface area contributed by atoms with Crippen molar-refractivity contribution < 1.29 is 0 Å². The van der Waals surface area contributed by atoms with Gasteiger partial charge in [0.05, 0.1) is 5.52 Å². The Hall–Kier alpha value is -4.82. The van der Waals surface area contributed by atoms with Gasteiger partial charge in [0.2, 0.25) is 0 Å². The van der Waals surface area contributed by atoms with Gasteiger partial charge in [-0.05, 0) is 70.4 Å². The van der Waals surface area contributed by atoms with Crippen LogP contribution in [0.5, 0.6) is 0 Å². The van der Waals surface area contributed by atoms with Crippen molar-refractivity contribution in [2.75, 3.05) is 4.90 Å². The number of anilines is 3. The van der Waals surface area contributed by atoms with Gasteiger partial charge in [0, 0.05) is 40.4 Å². The van der Waals surface area contributed by atoms with Gasteiger partial charge in [-0.15, -0.1) is 0 Å². The van der Waals surface area contributed by atoms with Crippen molar-refractivity contribution in [2.24, 2.45) is 7.05 Å². The van der Waals surface area contributed by atoms with E-state index in [-0.39, 0.29) is 0 Å². The number of hydrogen-bond donors (Lipinski definition) is 0. The van der Waals surface area contributed by atoms with Gasteiger partial charge < -0.3 is 9.47 Å². The molecule has 7 aromatic rings. The van der Waals surface area contributed by atoms with Gasteiger partial charge in [-0.25, -0.2) is 0 Å². The smallest absolute Gasteiger partial charge is 0.0509 e. The van der Waals surface area contributed by atoms with E-state index in [1.807, 2.05) is 0 Å². The number of rotatable bonds is 4. The van der Waals surface area contributed by atoms with Crippen LogP contribution < -0.4 is 4.90 Å². The Morgan fingerprint density at radius 2 is 0.973 bits per heavy atom. The molecule has 176 valence electrons. The van der Waals surface area contributed by atoms with Crippen LogP contribution in [0.25, 0.3) is 43.7 Å². The van der Waals surface area contributed by atoms with E-state index in [0.717, 1.165) is 17.1 Å². The first-order valence-electron chi connectivity index (χ1n) is 12.7. The van der Waals surface area contributed by atoms with Crippen molar-refractivity contribution in [2.45, 2.75) is 0 Å². The van der Waals surface area contributed by atoms with Gasteiger partial charge in [0.25, 0.3) is 0 Å². The fourth-order valence-corrected chi connectivity index (χ4v) is 5.47. The first-order chi connectivity index (χ1) is 18.3. The number of para-hydroxylation sites is 1. The topological polar surface area (TPSA) is 8.17 Å². The quantitative estimate of drug-likeness (QED) is 0.246. The van der Waals surface area contributed by atoms with Crippen LogP contribution in [0.4, 0.5) is 17.1 Å². The monoisotopic (exact) mass is 474 g/mol. The Morgan fingerprint density at radius 1 is 0.432 bits per heavy atom. The number of benzene rings is 6. The van der Waals surface area contributed by atoms with E-state index in [1.165, 1.54) is 43.7 Å². The molecule has 7 rings (SSSR count). The zero-order chi connectivity index (χ0) is 24.8. The van der Waals surface area contributed by atoms with Gasteiger partial charge in [0.1, 0.15) is 0 Å². The molecular weight excluding hydrogens is 448 g/mol. The van der Waals surface area contributed by atoms with Gasteiger partial charge in [-0.1, -0.05) is 91.0 Å². The standard InChI is InChI=1S/C35H26N2/c1-36-34-23-28-13-9-8-12-27(28)22-33(34)32-21-20-31(24-35(32)36)37(29-14-6-3-7-15-29)30-18-16-26(17-19-30)25-10-4-2-5-11-25/h2-24H,1H3. The van der Waals surface area contributed by atoms with Gasteiger partial charge in [0.15, 0.2) is 0 Å². The summed E-state index contributed by atoms with van der Waals surface area (Å²) in [5.74, 6) is 0. The largest absolute Gasteiger partial charge is 0.344 e. The van der Waals surface area contributed by atoms with Gasteiger partial charge in [-0.2, -0.15) is 0 Å². The molecule has 0 aliphatic rings. The highest BCUT2D eigenvalue weighted by molar-refractivity contribution is 6.13. The molecule has 0 spiro atoms. The lowest BCUT2D eigenvalue weighted by Crippen LogP contribution is -2.09. The average Bonchev–Trinajstić information content (AvgIpc) is 3.23. The Balaban J connectivity index is 1.39. The maximum absolute atomic E-state index is 2.34. The van der Waals surface area contributed by atoms with Crippen molar-refractivity contribution in [3.8, 4) is 11.1 Å². The van der Waals surface area contributed by atoms with Crippen molar-refractivity contribution in [1.29, 1.82) is 0 Å². The normalized spacial score (nSPS) is 11.4. The lowest BCUT2D eigenvalue weighted by Gasteiger charge is -2.26. The van der Waals surface area contributed by atoms with Crippen LogP contribution in [0.3, 0.4) is 0 Å². The molecule has 0 unspecified atom stereocenters. The fraction of sp³-hybridized carbons (Fsp3) is 0.0286. The van der Waals surface area contributed by atoms with E-state index in [1.54, 1.807) is 0 Å². The Bertz CT molecular complexity index is 1860. The summed E-state index contributed by atoms with van der Waals surface area (Å²) in [7, 11) is 2.17. The maximum atomic E-state index is 2.34. The molecule has 6 aromatic carbocycles. The number of aromatic nitrogens is 1. The molecule has 37 heavy (non-hydrogen) atoms. The van der Waals surface area contributed by atoms with Crippen LogP contribution in [0.2, 0.25) is 0 Å². The fourth-order valence-electron chi connectivity index (χ4n) is 5.47. The minimum absolute atomic E-state index is 1.13. The highest BCUT2D eigenvalue weighted by Crippen LogP contribution is 2.39. The summed E-state index contributed by atoms with van der Waals surface area (Å²) in [6.07, 6.45) is 0. The van der Waals surface area contributed by atoms with Crippen LogP contribution >= 0.6 is 0 Å². The zero-order valence-corrected chi connectivity index (χ0v) is 20.7. The molecular formula is C35H26N2. The molecule has 0 amide bonds. The third-order valence-electron chi connectivity index (χ3n) is 7.36. The Morgan fingerprint density at radius 3 is 1.70 bits per heavy atom. The second-order valence-electron chi connectivity index (χ2n) is 9.56. The predicted octanol–water partition coefficient (Wildman–Crippen LogP) is 9.62. The first kappa shape index (κ1) is 21.5. The third-order valence-corrected chi connectivity index (χ3v) is 7.36. The van der Waals surface area contributed by atoms with E-state index in [2.05, 4.69) is 156 Å². The molecule has 0 saturated heterocycles. The van der Waals surface area contributed by atoms with Crippen molar-refractivity contribution in [1.82, 2.24) is 4.57 Å². The summed E-state index contributed by atoms with van der Waals surface area (Å²) in [5.41, 5.74) is 8.34. The van der Waals surface area contributed by atoms with Crippen LogP contribution in [0.1, 0.15) is 0 Å². The molecule has 0 saturated carbocycles. The summed E-state index contributed by atoms with van der Waals surface area (Å²) >= 11 is 0. The van der Waals surface area contributed by atoms with Crippen molar-refractivity contribution >= 4 is 49.6 Å². The molecule has 0 aliphatic heterocycles. The minimum atomic E-state index is 1.13. The zero-order valence-electron chi connectivity index (χ0n) is 20.7. The second kappa shape index (κ2) is 8.69. The van der Waals surface area contributed by atoms with Crippen molar-refractivity contribution in [3.05, 3.63) is 140 Å². The first-order valence-corrected chi connectivity index (χ1v) is 12.7. The number of hydrogen-bond acceptors (Lipinski definition) is 1. The summed E-state index contributed by atoms with van der Waals surface area (Å²) in [6.45, 7) is 0. The van der Waals surface area contributed by atoms with Crippen LogP contribution in [-0.4, -0.2) is 4.57 Å². The molecule has 1 aromatic heterocycles. The van der Waals surface area contributed by atoms with E-state index < -0.39 is 0 Å². The third kappa shape index (κ3) is 3.66. The molecule has 0 radical (unpaired) electrons. The van der Waals surface area contributed by atoms with Crippen LogP contribution in [0, 0.1) is 0 Å². The minimum Gasteiger partial charge on any atom is -0.344 e. The van der Waals surface area contributed by atoms with Crippen LogP contribution in [-0.2, 0) is 7.05 Å². The van der Waals surface area contributed by atoms with Gasteiger partial charge >= 0.3 is 0 Å². The molecule has 2 nitrogen and oxygen atoms in total. The summed E-state index contributed by atoms with van der Waals surface area (Å²) in [6, 6.07) is 50.1. The van der Waals surface area contributed by atoms with Gasteiger partial charge in [-0.3, -0.25) is 0 Å². The molecule has 1 heterocycles. The predicted molar refractivity (Wildman–Crippen MR) is 158 cm³/mol. The maximum Gasteiger partial charge on any atom is 0.0509 e. The number of nitrogens with zero attached hydrogens (tertiary/aromatic N) is 2. The lowest BCUT2D eigenvalue weighted by molar-refractivity contribution is 1.01. The molecule has 2 heteroatoms. The number of fused-ring (bicyclic) bond motifs is 4. The molecule has 0 N–H and O–H groups in total. The summed E-state index contributed by atoms with van der Waals surface area (Å²) < 4.78 is 2.32. The molecule has 0 atom stereocenters. The summed E-state index contributed by atoms with van der Waals surface area (Å²) in [5, 5.41) is 5.11. The highest BCUT2D eigenvalue weighted by atomic mass is 15.1. The Labute approximate surface area is 216 Å². The van der Waals surface area contributed by atoms with E-state index in [0.29, 0.717) is 0 Å². The van der Waals surface area contributed by atoms with Crippen molar-refractivity contribution in [3.63, 3.8) is 0 Å². The SMILES string of the molecule is Cn1c2cc(N(c3ccccc3)c3ccc(-c4ccccc4)cc3)ccc2c2cc3ccccc3cc21. The van der Waals surface area contributed by atoms with E-state index in [9.17, 15) is 0 Å². The second-order valence-corrected chi connectivity index (χ2v) is 9.56. The lowest BCUT2D eigenvalue weighted by atomic mass is 10.0. The van der Waals surface area contributed by atoms with E-state index >= 15 is 0 Å².